The summed E-state index contributed by atoms with van der Waals surface area (Å²) in [5, 5.41) is 2.88. The molecule has 0 unspecified atom stereocenters. The second-order valence-corrected chi connectivity index (χ2v) is 5.38. The summed E-state index contributed by atoms with van der Waals surface area (Å²) in [6.45, 7) is 6.02. The summed E-state index contributed by atoms with van der Waals surface area (Å²) in [6, 6.07) is 7.73. The van der Waals surface area contributed by atoms with Crippen LogP contribution in [-0.4, -0.2) is 36.6 Å². The predicted molar refractivity (Wildman–Crippen MR) is 91.4 cm³/mol. The van der Waals surface area contributed by atoms with Crippen molar-refractivity contribution in [2.45, 2.75) is 20.8 Å². The molecule has 1 amide bonds. The minimum atomic E-state index is -0.186. The molecule has 122 valence electrons. The maximum Gasteiger partial charge on any atom is 0.316 e. The molecule has 0 radical (unpaired) electrons. The van der Waals surface area contributed by atoms with Gasteiger partial charge in [0.05, 0.1) is 23.7 Å². The van der Waals surface area contributed by atoms with Gasteiger partial charge in [0.1, 0.15) is 0 Å². The number of hydrogen-bond donors (Lipinski definition) is 1. The number of nitrogens with one attached hydrogen (secondary N) is 1. The molecule has 0 bridgehead atoms. The Morgan fingerprint density at radius 3 is 2.17 bits per heavy atom. The number of benzene rings is 1. The molecule has 6 nitrogen and oxygen atoms in total. The van der Waals surface area contributed by atoms with Gasteiger partial charge in [-0.15, -0.1) is 0 Å². The van der Waals surface area contributed by atoms with Crippen LogP contribution >= 0.6 is 0 Å². The summed E-state index contributed by atoms with van der Waals surface area (Å²) in [5.41, 5.74) is 3.61. The van der Waals surface area contributed by atoms with Crippen molar-refractivity contribution in [2.24, 2.45) is 0 Å². The number of ether oxygens (including phenoxy) is 1. The van der Waals surface area contributed by atoms with Gasteiger partial charge in [-0.3, -0.25) is 4.79 Å². The van der Waals surface area contributed by atoms with Gasteiger partial charge in [-0.25, -0.2) is 0 Å². The van der Waals surface area contributed by atoms with Crippen molar-refractivity contribution in [3.63, 3.8) is 0 Å². The quantitative estimate of drug-likeness (QED) is 0.919. The van der Waals surface area contributed by atoms with Crippen LogP contribution in [0.2, 0.25) is 0 Å². The van der Waals surface area contributed by atoms with Crippen molar-refractivity contribution in [1.82, 2.24) is 9.97 Å². The highest BCUT2D eigenvalue weighted by molar-refractivity contribution is 6.05. The summed E-state index contributed by atoms with van der Waals surface area (Å²) in [7, 11) is 3.91. The van der Waals surface area contributed by atoms with Crippen LogP contribution in [0.4, 0.5) is 11.4 Å². The van der Waals surface area contributed by atoms with Gasteiger partial charge in [-0.05, 0) is 45.0 Å². The smallest absolute Gasteiger partial charge is 0.316 e. The molecule has 1 heterocycles. The largest absolute Gasteiger partial charge is 0.464 e. The summed E-state index contributed by atoms with van der Waals surface area (Å²) in [6.07, 6.45) is 0. The van der Waals surface area contributed by atoms with Gasteiger partial charge in [-0.1, -0.05) is 0 Å². The summed E-state index contributed by atoms with van der Waals surface area (Å²) < 4.78 is 5.31. The molecule has 0 saturated carbocycles. The third kappa shape index (κ3) is 3.97. The Balaban J connectivity index is 2.19. The van der Waals surface area contributed by atoms with Gasteiger partial charge in [-0.2, -0.15) is 9.97 Å². The number of rotatable bonds is 5. The number of carbonyl (C=O) groups excluding carboxylic acids is 1. The third-order valence-electron chi connectivity index (χ3n) is 3.41. The van der Waals surface area contributed by atoms with Crippen LogP contribution in [0.5, 0.6) is 6.01 Å². The molecular formula is C17H22N4O2. The van der Waals surface area contributed by atoms with E-state index in [1.807, 2.05) is 51.9 Å². The average Bonchev–Trinajstić information content (AvgIpc) is 2.51. The third-order valence-corrected chi connectivity index (χ3v) is 3.41. The Morgan fingerprint density at radius 2 is 1.70 bits per heavy atom. The van der Waals surface area contributed by atoms with Crippen LogP contribution in [0.25, 0.3) is 0 Å². The first-order valence-corrected chi connectivity index (χ1v) is 7.49. The number of anilines is 2. The number of carbonyl (C=O) groups is 1. The first-order valence-electron chi connectivity index (χ1n) is 7.49. The molecule has 0 spiro atoms. The zero-order valence-corrected chi connectivity index (χ0v) is 14.2. The van der Waals surface area contributed by atoms with E-state index >= 15 is 0 Å². The molecular weight excluding hydrogens is 292 g/mol. The second-order valence-electron chi connectivity index (χ2n) is 5.38. The fourth-order valence-electron chi connectivity index (χ4n) is 2.16. The van der Waals surface area contributed by atoms with Crippen LogP contribution in [0.1, 0.15) is 28.7 Å². The van der Waals surface area contributed by atoms with Crippen molar-refractivity contribution >= 4 is 17.3 Å². The molecule has 0 atom stereocenters. The normalized spacial score (nSPS) is 10.3. The Kier molecular flexibility index (Phi) is 5.16. The molecule has 23 heavy (non-hydrogen) atoms. The highest BCUT2D eigenvalue weighted by Gasteiger charge is 2.13. The lowest BCUT2D eigenvalue weighted by atomic mass is 10.1. The fourth-order valence-corrected chi connectivity index (χ4v) is 2.16. The molecule has 2 aromatic rings. The van der Waals surface area contributed by atoms with Crippen LogP contribution in [0.15, 0.2) is 24.3 Å². The van der Waals surface area contributed by atoms with Crippen molar-refractivity contribution < 1.29 is 9.53 Å². The van der Waals surface area contributed by atoms with Crippen molar-refractivity contribution in [3.05, 3.63) is 41.2 Å². The van der Waals surface area contributed by atoms with E-state index in [1.165, 1.54) is 0 Å². The van der Waals surface area contributed by atoms with Gasteiger partial charge < -0.3 is 15.0 Å². The van der Waals surface area contributed by atoms with E-state index in [0.29, 0.717) is 35.3 Å². The number of aromatic nitrogens is 2. The highest BCUT2D eigenvalue weighted by atomic mass is 16.5. The minimum Gasteiger partial charge on any atom is -0.464 e. The molecule has 0 aliphatic rings. The van der Waals surface area contributed by atoms with E-state index in [0.717, 1.165) is 5.69 Å². The van der Waals surface area contributed by atoms with Crippen molar-refractivity contribution in [2.75, 3.05) is 30.9 Å². The van der Waals surface area contributed by atoms with E-state index < -0.39 is 0 Å². The van der Waals surface area contributed by atoms with Crippen LogP contribution < -0.4 is 15.0 Å². The monoisotopic (exact) mass is 314 g/mol. The molecule has 0 aliphatic carbocycles. The van der Waals surface area contributed by atoms with Gasteiger partial charge in [0.25, 0.3) is 5.91 Å². The van der Waals surface area contributed by atoms with E-state index in [1.54, 1.807) is 12.1 Å². The first kappa shape index (κ1) is 16.7. The predicted octanol–water partition coefficient (Wildman–Crippen LogP) is 2.81. The van der Waals surface area contributed by atoms with Crippen LogP contribution in [-0.2, 0) is 0 Å². The highest BCUT2D eigenvalue weighted by Crippen LogP contribution is 2.21. The first-order chi connectivity index (χ1) is 10.9. The van der Waals surface area contributed by atoms with E-state index in [9.17, 15) is 4.79 Å². The summed E-state index contributed by atoms with van der Waals surface area (Å²) in [4.78, 5) is 22.9. The Bertz CT molecular complexity index is 673. The average molecular weight is 314 g/mol. The van der Waals surface area contributed by atoms with E-state index in [4.69, 9.17) is 4.74 Å². The maximum absolute atomic E-state index is 12.4. The van der Waals surface area contributed by atoms with Crippen LogP contribution in [0, 0.1) is 13.8 Å². The van der Waals surface area contributed by atoms with Gasteiger partial charge in [0.2, 0.25) is 0 Å². The van der Waals surface area contributed by atoms with Crippen molar-refractivity contribution in [3.8, 4) is 6.01 Å². The number of hydrogen-bond acceptors (Lipinski definition) is 5. The lowest BCUT2D eigenvalue weighted by Gasteiger charge is -2.14. The number of aryl methyl sites for hydroxylation is 2. The molecule has 0 fully saturated rings. The lowest BCUT2D eigenvalue weighted by Crippen LogP contribution is -2.16. The number of amides is 1. The summed E-state index contributed by atoms with van der Waals surface area (Å²) in [5.74, 6) is -0.186. The number of nitrogens with zero attached hydrogens (tertiary/aromatic N) is 3. The standard InChI is InChI=1S/C17H22N4O2/c1-6-23-17-18-11(2)15(12(3)19-17)20-16(22)13-7-9-14(10-8-13)21(4)5/h7-10H,6H2,1-5H3,(H,20,22). The molecule has 1 N–H and O–H groups in total. The van der Waals surface area contributed by atoms with Gasteiger partial charge in [0, 0.05) is 25.3 Å². The second kappa shape index (κ2) is 7.09. The Hall–Kier alpha value is -2.63. The topological polar surface area (TPSA) is 67.3 Å². The van der Waals surface area contributed by atoms with E-state index in [-0.39, 0.29) is 5.91 Å². The van der Waals surface area contributed by atoms with Crippen LogP contribution in [0.3, 0.4) is 0 Å². The Morgan fingerprint density at radius 1 is 1.13 bits per heavy atom. The maximum atomic E-state index is 12.4. The molecule has 1 aromatic heterocycles. The molecule has 0 aliphatic heterocycles. The Labute approximate surface area is 136 Å². The van der Waals surface area contributed by atoms with E-state index in [2.05, 4.69) is 15.3 Å². The molecule has 1 aromatic carbocycles. The zero-order chi connectivity index (χ0) is 17.0. The van der Waals surface area contributed by atoms with Gasteiger partial charge in [0.15, 0.2) is 0 Å². The zero-order valence-electron chi connectivity index (χ0n) is 14.2. The minimum absolute atomic E-state index is 0.186. The lowest BCUT2D eigenvalue weighted by molar-refractivity contribution is 0.102. The molecule has 0 saturated heterocycles. The summed E-state index contributed by atoms with van der Waals surface area (Å²) >= 11 is 0. The van der Waals surface area contributed by atoms with Crippen molar-refractivity contribution in [1.29, 1.82) is 0 Å². The SMILES string of the molecule is CCOc1nc(C)c(NC(=O)c2ccc(N(C)C)cc2)c(C)n1. The fraction of sp³-hybridized carbons (Fsp3) is 0.353. The van der Waals surface area contributed by atoms with Gasteiger partial charge >= 0.3 is 6.01 Å². The molecule has 2 rings (SSSR count). The molecule has 6 heteroatoms.